The summed E-state index contributed by atoms with van der Waals surface area (Å²) in [6.07, 6.45) is 1.55. The molecule has 0 bridgehead atoms. The number of hydrogen-bond acceptors (Lipinski definition) is 4. The standard InChI is InChI=1S/C25H23ClN2O3/c1-4-30-19-11-9-17-10-12-24(31-5-2)21(20(17)14-19)13-18(15-27)25(29)28-23-8-6-7-22(26)16(23)3/h6-14H,4-5H2,1-3H3,(H,28,29)/b18-13-. The molecule has 5 nitrogen and oxygen atoms in total. The summed E-state index contributed by atoms with van der Waals surface area (Å²) < 4.78 is 11.4. The molecule has 0 spiro atoms. The second kappa shape index (κ2) is 10.0. The Bertz CT molecular complexity index is 1190. The van der Waals surface area contributed by atoms with Crippen LogP contribution in [0.5, 0.6) is 11.5 Å². The summed E-state index contributed by atoms with van der Waals surface area (Å²) in [5, 5.41) is 14.8. The summed E-state index contributed by atoms with van der Waals surface area (Å²) >= 11 is 6.14. The maximum atomic E-state index is 12.9. The summed E-state index contributed by atoms with van der Waals surface area (Å²) in [5.74, 6) is 0.771. The molecule has 158 valence electrons. The zero-order chi connectivity index (χ0) is 22.4. The number of fused-ring (bicyclic) bond motifs is 1. The van der Waals surface area contributed by atoms with Crippen molar-refractivity contribution in [1.29, 1.82) is 5.26 Å². The van der Waals surface area contributed by atoms with Gasteiger partial charge in [-0.2, -0.15) is 5.26 Å². The molecule has 3 rings (SSSR count). The van der Waals surface area contributed by atoms with Gasteiger partial charge in [0.2, 0.25) is 0 Å². The normalized spacial score (nSPS) is 11.1. The van der Waals surface area contributed by atoms with E-state index in [0.717, 1.165) is 16.3 Å². The fourth-order valence-electron chi connectivity index (χ4n) is 3.21. The Morgan fingerprint density at radius 1 is 1.13 bits per heavy atom. The number of ether oxygens (including phenoxy) is 2. The molecule has 0 radical (unpaired) electrons. The van der Waals surface area contributed by atoms with Crippen molar-refractivity contribution >= 4 is 40.0 Å². The van der Waals surface area contributed by atoms with E-state index >= 15 is 0 Å². The van der Waals surface area contributed by atoms with Crippen molar-refractivity contribution in [2.24, 2.45) is 0 Å². The summed E-state index contributed by atoms with van der Waals surface area (Å²) in [7, 11) is 0. The molecule has 0 fully saturated rings. The lowest BCUT2D eigenvalue weighted by molar-refractivity contribution is -0.112. The molecule has 0 saturated heterocycles. The highest BCUT2D eigenvalue weighted by atomic mass is 35.5. The van der Waals surface area contributed by atoms with E-state index in [-0.39, 0.29) is 5.57 Å². The predicted molar refractivity (Wildman–Crippen MR) is 125 cm³/mol. The average Bonchev–Trinajstić information content (AvgIpc) is 2.76. The number of anilines is 1. The minimum atomic E-state index is -0.520. The number of nitrogens with one attached hydrogen (secondary N) is 1. The van der Waals surface area contributed by atoms with Crippen molar-refractivity contribution in [2.45, 2.75) is 20.8 Å². The second-order valence-electron chi connectivity index (χ2n) is 6.76. The fourth-order valence-corrected chi connectivity index (χ4v) is 3.39. The second-order valence-corrected chi connectivity index (χ2v) is 7.17. The predicted octanol–water partition coefficient (Wildman–Crippen LogP) is 6.14. The molecular formula is C25H23ClN2O3. The third kappa shape index (κ3) is 4.99. The summed E-state index contributed by atoms with van der Waals surface area (Å²) in [6, 6.07) is 16.7. The van der Waals surface area contributed by atoms with E-state index in [4.69, 9.17) is 21.1 Å². The molecule has 0 heterocycles. The number of carbonyl (C=O) groups excluding carboxylic acids is 1. The van der Waals surface area contributed by atoms with Crippen LogP contribution in [0.3, 0.4) is 0 Å². The first-order valence-corrected chi connectivity index (χ1v) is 10.4. The van der Waals surface area contributed by atoms with Crippen molar-refractivity contribution in [1.82, 2.24) is 0 Å². The first-order chi connectivity index (χ1) is 15.0. The monoisotopic (exact) mass is 434 g/mol. The van der Waals surface area contributed by atoms with E-state index in [0.29, 0.717) is 41.0 Å². The van der Waals surface area contributed by atoms with Gasteiger partial charge in [0.1, 0.15) is 23.1 Å². The maximum Gasteiger partial charge on any atom is 0.266 e. The van der Waals surface area contributed by atoms with Gasteiger partial charge in [-0.1, -0.05) is 29.8 Å². The maximum absolute atomic E-state index is 12.9. The molecule has 3 aromatic rings. The van der Waals surface area contributed by atoms with Gasteiger partial charge in [-0.25, -0.2) is 0 Å². The van der Waals surface area contributed by atoms with Crippen LogP contribution >= 0.6 is 11.6 Å². The third-order valence-corrected chi connectivity index (χ3v) is 5.18. The van der Waals surface area contributed by atoms with E-state index in [9.17, 15) is 10.1 Å². The van der Waals surface area contributed by atoms with Crippen LogP contribution < -0.4 is 14.8 Å². The number of amides is 1. The molecule has 0 saturated carbocycles. The van der Waals surface area contributed by atoms with Crippen molar-refractivity contribution in [3.05, 3.63) is 70.3 Å². The summed E-state index contributed by atoms with van der Waals surface area (Å²) in [4.78, 5) is 12.9. The first-order valence-electron chi connectivity index (χ1n) is 9.99. The van der Waals surface area contributed by atoms with Gasteiger partial charge in [-0.3, -0.25) is 4.79 Å². The van der Waals surface area contributed by atoms with E-state index in [1.165, 1.54) is 0 Å². The van der Waals surface area contributed by atoms with Gasteiger partial charge >= 0.3 is 0 Å². The highest BCUT2D eigenvalue weighted by Crippen LogP contribution is 2.33. The van der Waals surface area contributed by atoms with E-state index in [2.05, 4.69) is 5.32 Å². The quantitative estimate of drug-likeness (QED) is 0.358. The Labute approximate surface area is 186 Å². The number of hydrogen-bond donors (Lipinski definition) is 1. The zero-order valence-corrected chi connectivity index (χ0v) is 18.4. The molecule has 6 heteroatoms. The van der Waals surface area contributed by atoms with Crippen molar-refractivity contribution < 1.29 is 14.3 Å². The van der Waals surface area contributed by atoms with Crippen LogP contribution in [0.1, 0.15) is 25.0 Å². The lowest BCUT2D eigenvalue weighted by Crippen LogP contribution is -2.14. The van der Waals surface area contributed by atoms with Gasteiger partial charge in [0.25, 0.3) is 5.91 Å². The van der Waals surface area contributed by atoms with E-state index in [1.54, 1.807) is 31.2 Å². The number of rotatable bonds is 7. The number of halogens is 1. The van der Waals surface area contributed by atoms with Gasteiger partial charge in [-0.05, 0) is 73.5 Å². The Balaban J connectivity index is 2.09. The van der Waals surface area contributed by atoms with Crippen molar-refractivity contribution in [2.75, 3.05) is 18.5 Å². The largest absolute Gasteiger partial charge is 0.494 e. The SMILES string of the molecule is CCOc1ccc2ccc(OCC)c(/C=C(/C#N)C(=O)Nc3cccc(Cl)c3C)c2c1. The molecule has 31 heavy (non-hydrogen) atoms. The number of nitriles is 1. The van der Waals surface area contributed by atoms with Crippen LogP contribution in [0.15, 0.2) is 54.1 Å². The molecule has 0 aliphatic rings. The van der Waals surface area contributed by atoms with E-state index in [1.807, 2.05) is 50.2 Å². The smallest absolute Gasteiger partial charge is 0.266 e. The van der Waals surface area contributed by atoms with Gasteiger partial charge < -0.3 is 14.8 Å². The summed E-state index contributed by atoms with van der Waals surface area (Å²) in [6.45, 7) is 6.59. The summed E-state index contributed by atoms with van der Waals surface area (Å²) in [5.41, 5.74) is 1.89. The molecule has 1 amide bonds. The molecule has 0 unspecified atom stereocenters. The lowest BCUT2D eigenvalue weighted by Gasteiger charge is -2.13. The van der Waals surface area contributed by atoms with Gasteiger partial charge in [0, 0.05) is 16.3 Å². The van der Waals surface area contributed by atoms with Crippen LogP contribution in [0.25, 0.3) is 16.8 Å². The lowest BCUT2D eigenvalue weighted by atomic mass is 10.0. The van der Waals surface area contributed by atoms with Crippen LogP contribution in [-0.2, 0) is 4.79 Å². The Kier molecular flexibility index (Phi) is 7.17. The molecule has 0 aromatic heterocycles. The molecular weight excluding hydrogens is 412 g/mol. The topological polar surface area (TPSA) is 71.3 Å². The van der Waals surface area contributed by atoms with Crippen LogP contribution in [0.4, 0.5) is 5.69 Å². The molecule has 0 atom stereocenters. The highest BCUT2D eigenvalue weighted by Gasteiger charge is 2.15. The van der Waals surface area contributed by atoms with E-state index < -0.39 is 5.91 Å². The molecule has 0 aliphatic heterocycles. The average molecular weight is 435 g/mol. The van der Waals surface area contributed by atoms with Gasteiger partial charge in [-0.15, -0.1) is 0 Å². The van der Waals surface area contributed by atoms with Crippen LogP contribution in [-0.4, -0.2) is 19.1 Å². The Morgan fingerprint density at radius 2 is 1.87 bits per heavy atom. The van der Waals surface area contributed by atoms with Crippen molar-refractivity contribution in [3.8, 4) is 17.6 Å². The van der Waals surface area contributed by atoms with Crippen molar-refractivity contribution in [3.63, 3.8) is 0 Å². The number of nitrogens with zero attached hydrogens (tertiary/aromatic N) is 1. The van der Waals surface area contributed by atoms with Crippen LogP contribution in [0.2, 0.25) is 5.02 Å². The molecule has 0 aliphatic carbocycles. The highest BCUT2D eigenvalue weighted by molar-refractivity contribution is 6.31. The Morgan fingerprint density at radius 3 is 2.58 bits per heavy atom. The number of benzene rings is 3. The van der Waals surface area contributed by atoms with Crippen LogP contribution in [0, 0.1) is 18.3 Å². The first kappa shape index (κ1) is 22.2. The zero-order valence-electron chi connectivity index (χ0n) is 17.7. The molecule has 3 aromatic carbocycles. The number of carbonyl (C=O) groups is 1. The van der Waals surface area contributed by atoms with Gasteiger partial charge in [0.05, 0.1) is 13.2 Å². The third-order valence-electron chi connectivity index (χ3n) is 4.78. The minimum absolute atomic E-state index is 0.0466. The fraction of sp³-hybridized carbons (Fsp3) is 0.200. The van der Waals surface area contributed by atoms with Gasteiger partial charge in [0.15, 0.2) is 0 Å². The minimum Gasteiger partial charge on any atom is -0.494 e. The Hall–Kier alpha value is -3.49. The molecule has 1 N–H and O–H groups in total.